The lowest BCUT2D eigenvalue weighted by Crippen LogP contribution is -1.91. The summed E-state index contributed by atoms with van der Waals surface area (Å²) in [5, 5.41) is 11.4. The second-order valence-electron chi connectivity index (χ2n) is 3.06. The van der Waals surface area contributed by atoms with E-state index in [0.29, 0.717) is 18.1 Å². The van der Waals surface area contributed by atoms with Gasteiger partial charge in [0.2, 0.25) is 0 Å². The SMILES string of the molecule is COCc1nc(-c2cc(C(=O)O)co2)cs1. The third-order valence-corrected chi connectivity index (χ3v) is 2.74. The van der Waals surface area contributed by atoms with Gasteiger partial charge >= 0.3 is 5.97 Å². The summed E-state index contributed by atoms with van der Waals surface area (Å²) in [6.07, 6.45) is 1.20. The molecule has 84 valence electrons. The van der Waals surface area contributed by atoms with E-state index < -0.39 is 5.97 Å². The van der Waals surface area contributed by atoms with Gasteiger partial charge in [-0.1, -0.05) is 0 Å². The fraction of sp³-hybridized carbons (Fsp3) is 0.200. The van der Waals surface area contributed by atoms with Crippen molar-refractivity contribution in [2.45, 2.75) is 6.61 Å². The summed E-state index contributed by atoms with van der Waals surface area (Å²) in [5.41, 5.74) is 0.751. The van der Waals surface area contributed by atoms with Crippen molar-refractivity contribution in [2.75, 3.05) is 7.11 Å². The fourth-order valence-electron chi connectivity index (χ4n) is 1.20. The Balaban J connectivity index is 2.24. The van der Waals surface area contributed by atoms with Gasteiger partial charge in [0.05, 0.1) is 12.2 Å². The van der Waals surface area contributed by atoms with E-state index in [1.54, 1.807) is 12.5 Å². The highest BCUT2D eigenvalue weighted by molar-refractivity contribution is 7.09. The standard InChI is InChI=1S/C10H9NO4S/c1-14-4-9-11-7(5-16-9)8-2-6(3-15-8)10(12)13/h2-3,5H,4H2,1H3,(H,12,13). The minimum absolute atomic E-state index is 0.122. The van der Waals surface area contributed by atoms with Crippen LogP contribution in [0.4, 0.5) is 0 Å². The van der Waals surface area contributed by atoms with Crippen molar-refractivity contribution in [3.63, 3.8) is 0 Å². The lowest BCUT2D eigenvalue weighted by Gasteiger charge is -1.90. The van der Waals surface area contributed by atoms with Gasteiger partial charge in [-0.2, -0.15) is 0 Å². The Hall–Kier alpha value is -1.66. The van der Waals surface area contributed by atoms with Crippen molar-refractivity contribution >= 4 is 17.3 Å². The van der Waals surface area contributed by atoms with Crippen LogP contribution in [0.15, 0.2) is 22.1 Å². The highest BCUT2D eigenvalue weighted by Gasteiger charge is 2.12. The van der Waals surface area contributed by atoms with E-state index in [1.807, 2.05) is 0 Å². The van der Waals surface area contributed by atoms with Crippen LogP contribution in [0.2, 0.25) is 0 Å². The predicted octanol–water partition coefficient (Wildman–Crippen LogP) is 2.25. The molecule has 0 atom stereocenters. The fourth-order valence-corrected chi connectivity index (χ4v) is 1.95. The van der Waals surface area contributed by atoms with Crippen LogP contribution in [0.1, 0.15) is 15.4 Å². The van der Waals surface area contributed by atoms with Gasteiger partial charge in [-0.25, -0.2) is 9.78 Å². The van der Waals surface area contributed by atoms with Crippen LogP contribution in [0.5, 0.6) is 0 Å². The first-order chi connectivity index (χ1) is 7.70. The summed E-state index contributed by atoms with van der Waals surface area (Å²) in [6.45, 7) is 0.442. The van der Waals surface area contributed by atoms with E-state index in [1.165, 1.54) is 23.7 Å². The molecule has 0 saturated carbocycles. The van der Waals surface area contributed by atoms with E-state index in [-0.39, 0.29) is 5.56 Å². The van der Waals surface area contributed by atoms with Crippen LogP contribution in [-0.4, -0.2) is 23.2 Å². The summed E-state index contributed by atoms with van der Waals surface area (Å²) in [7, 11) is 1.59. The molecule has 1 N–H and O–H groups in total. The summed E-state index contributed by atoms with van der Waals surface area (Å²) in [6, 6.07) is 1.45. The highest BCUT2D eigenvalue weighted by Crippen LogP contribution is 2.24. The van der Waals surface area contributed by atoms with E-state index in [4.69, 9.17) is 14.3 Å². The molecule has 2 rings (SSSR count). The number of nitrogens with zero attached hydrogens (tertiary/aromatic N) is 1. The molecule has 0 aliphatic rings. The molecule has 0 aliphatic carbocycles. The number of hydrogen-bond donors (Lipinski definition) is 1. The van der Waals surface area contributed by atoms with E-state index >= 15 is 0 Å². The van der Waals surface area contributed by atoms with Crippen molar-refractivity contribution in [1.29, 1.82) is 0 Å². The maximum atomic E-state index is 10.7. The summed E-state index contributed by atoms with van der Waals surface area (Å²) < 4.78 is 10.1. The van der Waals surface area contributed by atoms with Crippen molar-refractivity contribution in [2.24, 2.45) is 0 Å². The molecular formula is C10H9NO4S. The lowest BCUT2D eigenvalue weighted by atomic mass is 10.3. The number of aromatic carboxylic acids is 1. The Kier molecular flexibility index (Phi) is 3.02. The number of furan rings is 1. The third kappa shape index (κ3) is 2.12. The van der Waals surface area contributed by atoms with Crippen LogP contribution in [-0.2, 0) is 11.3 Å². The van der Waals surface area contributed by atoms with Gasteiger partial charge in [-0.15, -0.1) is 11.3 Å². The molecule has 2 aromatic rings. The van der Waals surface area contributed by atoms with Gasteiger partial charge in [-0.3, -0.25) is 0 Å². The molecule has 0 spiro atoms. The molecular weight excluding hydrogens is 230 g/mol. The van der Waals surface area contributed by atoms with Gasteiger partial charge in [-0.05, 0) is 0 Å². The molecule has 0 bridgehead atoms. The smallest absolute Gasteiger partial charge is 0.338 e. The van der Waals surface area contributed by atoms with E-state index in [0.717, 1.165) is 5.01 Å². The first-order valence-corrected chi connectivity index (χ1v) is 5.34. The van der Waals surface area contributed by atoms with Crippen LogP contribution < -0.4 is 0 Å². The first kappa shape index (κ1) is 10.8. The summed E-state index contributed by atoms with van der Waals surface area (Å²) in [5.74, 6) is -0.557. The zero-order valence-corrected chi connectivity index (χ0v) is 9.28. The Bertz CT molecular complexity index is 502. The normalized spacial score (nSPS) is 10.6. The van der Waals surface area contributed by atoms with Gasteiger partial charge < -0.3 is 14.3 Å². The quantitative estimate of drug-likeness (QED) is 0.885. The number of carbonyl (C=O) groups is 1. The van der Waals surface area contributed by atoms with Crippen molar-refractivity contribution in [1.82, 2.24) is 4.98 Å². The van der Waals surface area contributed by atoms with Gasteiger partial charge in [0.25, 0.3) is 0 Å². The average Bonchev–Trinajstić information content (AvgIpc) is 2.84. The number of carboxylic acid groups (broad SMARTS) is 1. The number of hydrogen-bond acceptors (Lipinski definition) is 5. The molecule has 2 aromatic heterocycles. The molecule has 16 heavy (non-hydrogen) atoms. The number of rotatable bonds is 4. The second kappa shape index (κ2) is 4.46. The van der Waals surface area contributed by atoms with Gasteiger partial charge in [0, 0.05) is 18.6 Å². The maximum absolute atomic E-state index is 10.7. The van der Waals surface area contributed by atoms with E-state index in [2.05, 4.69) is 4.98 Å². The number of carboxylic acids is 1. The van der Waals surface area contributed by atoms with E-state index in [9.17, 15) is 4.79 Å². The lowest BCUT2D eigenvalue weighted by molar-refractivity contribution is 0.0696. The van der Waals surface area contributed by atoms with Crippen molar-refractivity contribution in [3.8, 4) is 11.5 Å². The largest absolute Gasteiger partial charge is 0.478 e. The van der Waals surface area contributed by atoms with Crippen LogP contribution in [0, 0.1) is 0 Å². The molecule has 0 radical (unpaired) electrons. The molecule has 0 aliphatic heterocycles. The first-order valence-electron chi connectivity index (χ1n) is 4.46. The Morgan fingerprint density at radius 3 is 3.12 bits per heavy atom. The maximum Gasteiger partial charge on any atom is 0.338 e. The number of ether oxygens (including phenoxy) is 1. The number of methoxy groups -OCH3 is 1. The third-order valence-electron chi connectivity index (χ3n) is 1.92. The van der Waals surface area contributed by atoms with Crippen LogP contribution >= 0.6 is 11.3 Å². The Labute approximate surface area is 95.3 Å². The summed E-state index contributed by atoms with van der Waals surface area (Å²) >= 11 is 1.44. The van der Waals surface area contributed by atoms with Crippen molar-refractivity contribution < 1.29 is 19.1 Å². The Morgan fingerprint density at radius 2 is 2.50 bits per heavy atom. The zero-order chi connectivity index (χ0) is 11.5. The Morgan fingerprint density at radius 1 is 1.69 bits per heavy atom. The minimum Gasteiger partial charge on any atom is -0.478 e. The van der Waals surface area contributed by atoms with Gasteiger partial charge in [0.15, 0.2) is 5.76 Å². The molecule has 6 heteroatoms. The molecule has 0 unspecified atom stereocenters. The zero-order valence-electron chi connectivity index (χ0n) is 8.47. The molecule has 5 nitrogen and oxygen atoms in total. The topological polar surface area (TPSA) is 72.6 Å². The monoisotopic (exact) mass is 239 g/mol. The second-order valence-corrected chi connectivity index (χ2v) is 4.01. The van der Waals surface area contributed by atoms with Crippen molar-refractivity contribution in [3.05, 3.63) is 28.3 Å². The molecule has 0 amide bonds. The molecule has 0 aromatic carbocycles. The van der Waals surface area contributed by atoms with Crippen LogP contribution in [0.25, 0.3) is 11.5 Å². The number of thiazole rings is 1. The van der Waals surface area contributed by atoms with Gasteiger partial charge in [0.1, 0.15) is 17.0 Å². The molecule has 0 saturated heterocycles. The molecule has 0 fully saturated rings. The van der Waals surface area contributed by atoms with Crippen LogP contribution in [0.3, 0.4) is 0 Å². The number of aromatic nitrogens is 1. The predicted molar refractivity (Wildman–Crippen MR) is 57.5 cm³/mol. The highest BCUT2D eigenvalue weighted by atomic mass is 32.1. The molecule has 2 heterocycles. The minimum atomic E-state index is -1.01. The summed E-state index contributed by atoms with van der Waals surface area (Å²) in [4.78, 5) is 14.9. The average molecular weight is 239 g/mol.